The minimum absolute atomic E-state index is 0.171. The second-order valence-corrected chi connectivity index (χ2v) is 3.17. The van der Waals surface area contributed by atoms with E-state index in [0.717, 1.165) is 12.8 Å². The SMILES string of the molecule is NC(=O)c1cccc(OCCCCO)c1. The Balaban J connectivity index is 2.47. The average Bonchev–Trinajstić information content (AvgIpc) is 2.25. The highest BCUT2D eigenvalue weighted by Gasteiger charge is 2.01. The van der Waals surface area contributed by atoms with E-state index in [0.29, 0.717) is 17.9 Å². The minimum atomic E-state index is -0.462. The van der Waals surface area contributed by atoms with Gasteiger partial charge in [0.2, 0.25) is 5.91 Å². The van der Waals surface area contributed by atoms with E-state index in [9.17, 15) is 4.79 Å². The third kappa shape index (κ3) is 3.99. The monoisotopic (exact) mass is 209 g/mol. The van der Waals surface area contributed by atoms with Gasteiger partial charge in [-0.2, -0.15) is 0 Å². The van der Waals surface area contributed by atoms with Crippen LogP contribution in [-0.4, -0.2) is 24.2 Å². The molecule has 0 saturated heterocycles. The summed E-state index contributed by atoms with van der Waals surface area (Å²) in [5.41, 5.74) is 5.57. The maximum atomic E-state index is 10.9. The van der Waals surface area contributed by atoms with Crippen LogP contribution in [0.3, 0.4) is 0 Å². The largest absolute Gasteiger partial charge is 0.494 e. The topological polar surface area (TPSA) is 72.6 Å². The van der Waals surface area contributed by atoms with Crippen molar-refractivity contribution in [3.05, 3.63) is 29.8 Å². The summed E-state index contributed by atoms with van der Waals surface area (Å²) in [6, 6.07) is 6.75. The molecule has 0 radical (unpaired) electrons. The highest BCUT2D eigenvalue weighted by atomic mass is 16.5. The Morgan fingerprint density at radius 3 is 2.87 bits per heavy atom. The van der Waals surface area contributed by atoms with Crippen molar-refractivity contribution >= 4 is 5.91 Å². The molecule has 0 atom stereocenters. The van der Waals surface area contributed by atoms with Crippen molar-refractivity contribution in [1.82, 2.24) is 0 Å². The van der Waals surface area contributed by atoms with Gasteiger partial charge in [-0.1, -0.05) is 6.07 Å². The summed E-state index contributed by atoms with van der Waals surface area (Å²) in [7, 11) is 0. The first kappa shape index (κ1) is 11.5. The molecule has 3 N–H and O–H groups in total. The van der Waals surface area contributed by atoms with Gasteiger partial charge in [0.25, 0.3) is 0 Å². The summed E-state index contributed by atoms with van der Waals surface area (Å²) in [5.74, 6) is 0.167. The molecule has 1 aromatic rings. The maximum absolute atomic E-state index is 10.9. The smallest absolute Gasteiger partial charge is 0.248 e. The number of nitrogens with two attached hydrogens (primary N) is 1. The van der Waals surface area contributed by atoms with Gasteiger partial charge in [0.15, 0.2) is 0 Å². The zero-order valence-electron chi connectivity index (χ0n) is 8.48. The summed E-state index contributed by atoms with van der Waals surface area (Å²) in [5, 5.41) is 8.56. The molecule has 0 fully saturated rings. The third-order valence-electron chi connectivity index (χ3n) is 1.94. The number of aliphatic hydroxyl groups excluding tert-OH is 1. The molecule has 0 saturated carbocycles. The molecule has 1 aromatic carbocycles. The predicted molar refractivity (Wildman–Crippen MR) is 56.8 cm³/mol. The second-order valence-electron chi connectivity index (χ2n) is 3.17. The van der Waals surface area contributed by atoms with E-state index in [-0.39, 0.29) is 6.61 Å². The van der Waals surface area contributed by atoms with E-state index in [1.165, 1.54) is 0 Å². The molecule has 1 rings (SSSR count). The molecule has 4 heteroatoms. The van der Waals surface area contributed by atoms with Crippen LogP contribution >= 0.6 is 0 Å². The molecular weight excluding hydrogens is 194 g/mol. The number of carbonyl (C=O) groups excluding carboxylic acids is 1. The van der Waals surface area contributed by atoms with Crippen LogP contribution in [-0.2, 0) is 0 Å². The quantitative estimate of drug-likeness (QED) is 0.685. The van der Waals surface area contributed by atoms with Crippen molar-refractivity contribution in [1.29, 1.82) is 0 Å². The van der Waals surface area contributed by atoms with Gasteiger partial charge in [-0.25, -0.2) is 0 Å². The number of hydrogen-bond acceptors (Lipinski definition) is 3. The van der Waals surface area contributed by atoms with Crippen molar-refractivity contribution < 1.29 is 14.6 Å². The molecule has 4 nitrogen and oxygen atoms in total. The Hall–Kier alpha value is -1.55. The van der Waals surface area contributed by atoms with E-state index >= 15 is 0 Å². The average molecular weight is 209 g/mol. The van der Waals surface area contributed by atoms with Crippen molar-refractivity contribution in [2.45, 2.75) is 12.8 Å². The Morgan fingerprint density at radius 1 is 1.40 bits per heavy atom. The molecule has 15 heavy (non-hydrogen) atoms. The molecule has 0 unspecified atom stereocenters. The first-order valence-electron chi connectivity index (χ1n) is 4.87. The molecule has 0 aliphatic heterocycles. The second kappa shape index (κ2) is 6.03. The Labute approximate surface area is 88.7 Å². The fourth-order valence-corrected chi connectivity index (χ4v) is 1.14. The summed E-state index contributed by atoms with van der Waals surface area (Å²) < 4.78 is 5.38. The number of rotatable bonds is 6. The molecule has 0 aliphatic rings. The number of primary amides is 1. The fourth-order valence-electron chi connectivity index (χ4n) is 1.14. The van der Waals surface area contributed by atoms with Crippen LogP contribution in [0, 0.1) is 0 Å². The molecule has 0 spiro atoms. The lowest BCUT2D eigenvalue weighted by Gasteiger charge is -2.06. The molecule has 0 aliphatic carbocycles. The van der Waals surface area contributed by atoms with E-state index in [1.54, 1.807) is 24.3 Å². The Kier molecular flexibility index (Phi) is 4.63. The standard InChI is InChI=1S/C11H15NO3/c12-11(14)9-4-3-5-10(8-9)15-7-2-1-6-13/h3-5,8,13H,1-2,6-7H2,(H2,12,14). The van der Waals surface area contributed by atoms with Crippen molar-refractivity contribution in [2.24, 2.45) is 5.73 Å². The third-order valence-corrected chi connectivity index (χ3v) is 1.94. The van der Waals surface area contributed by atoms with Crippen LogP contribution in [0.15, 0.2) is 24.3 Å². The van der Waals surface area contributed by atoms with Crippen LogP contribution in [0.2, 0.25) is 0 Å². The zero-order chi connectivity index (χ0) is 11.1. The molecule has 82 valence electrons. The number of benzene rings is 1. The lowest BCUT2D eigenvalue weighted by atomic mass is 10.2. The number of amides is 1. The Bertz CT molecular complexity index is 325. The highest BCUT2D eigenvalue weighted by molar-refractivity contribution is 5.93. The van der Waals surface area contributed by atoms with E-state index in [4.69, 9.17) is 15.6 Å². The first-order valence-corrected chi connectivity index (χ1v) is 4.87. The van der Waals surface area contributed by atoms with Gasteiger partial charge in [0.05, 0.1) is 6.61 Å². The normalized spacial score (nSPS) is 9.93. The predicted octanol–water partition coefficient (Wildman–Crippen LogP) is 0.937. The van der Waals surface area contributed by atoms with Crippen LogP contribution in [0.25, 0.3) is 0 Å². The van der Waals surface area contributed by atoms with Crippen molar-refractivity contribution in [2.75, 3.05) is 13.2 Å². The molecule has 0 heterocycles. The van der Waals surface area contributed by atoms with Crippen LogP contribution in [0.5, 0.6) is 5.75 Å². The number of ether oxygens (including phenoxy) is 1. The summed E-state index contributed by atoms with van der Waals surface area (Å²) >= 11 is 0. The van der Waals surface area contributed by atoms with E-state index in [1.807, 2.05) is 0 Å². The van der Waals surface area contributed by atoms with E-state index in [2.05, 4.69) is 0 Å². The molecule has 0 aromatic heterocycles. The van der Waals surface area contributed by atoms with Crippen LogP contribution in [0.1, 0.15) is 23.2 Å². The lowest BCUT2D eigenvalue weighted by Crippen LogP contribution is -2.10. The fraction of sp³-hybridized carbons (Fsp3) is 0.364. The maximum Gasteiger partial charge on any atom is 0.248 e. The van der Waals surface area contributed by atoms with Gasteiger partial charge in [0, 0.05) is 12.2 Å². The summed E-state index contributed by atoms with van der Waals surface area (Å²) in [4.78, 5) is 10.9. The van der Waals surface area contributed by atoms with E-state index < -0.39 is 5.91 Å². The molecule has 1 amide bonds. The first-order chi connectivity index (χ1) is 7.24. The van der Waals surface area contributed by atoms with Crippen molar-refractivity contribution in [3.8, 4) is 5.75 Å². The van der Waals surface area contributed by atoms with Gasteiger partial charge in [0.1, 0.15) is 5.75 Å². The highest BCUT2D eigenvalue weighted by Crippen LogP contribution is 2.13. The summed E-state index contributed by atoms with van der Waals surface area (Å²) in [6.07, 6.45) is 1.51. The van der Waals surface area contributed by atoms with Crippen LogP contribution < -0.4 is 10.5 Å². The van der Waals surface area contributed by atoms with Gasteiger partial charge in [-0.05, 0) is 31.0 Å². The van der Waals surface area contributed by atoms with Gasteiger partial charge < -0.3 is 15.6 Å². The number of hydrogen-bond donors (Lipinski definition) is 2. The van der Waals surface area contributed by atoms with Gasteiger partial charge in [-0.15, -0.1) is 0 Å². The molecule has 0 bridgehead atoms. The summed E-state index contributed by atoms with van der Waals surface area (Å²) in [6.45, 7) is 0.702. The number of carbonyl (C=O) groups is 1. The zero-order valence-corrected chi connectivity index (χ0v) is 8.48. The lowest BCUT2D eigenvalue weighted by molar-refractivity contribution is 0.1000. The Morgan fingerprint density at radius 2 is 2.20 bits per heavy atom. The molecular formula is C11H15NO3. The van der Waals surface area contributed by atoms with Crippen molar-refractivity contribution in [3.63, 3.8) is 0 Å². The number of unbranched alkanes of at least 4 members (excludes halogenated alkanes) is 1. The van der Waals surface area contributed by atoms with Gasteiger partial charge in [-0.3, -0.25) is 4.79 Å². The van der Waals surface area contributed by atoms with Gasteiger partial charge >= 0.3 is 0 Å². The number of aliphatic hydroxyl groups is 1. The van der Waals surface area contributed by atoms with Crippen LogP contribution in [0.4, 0.5) is 0 Å². The minimum Gasteiger partial charge on any atom is -0.494 e.